The number of fused-ring (bicyclic) bond motifs is 1. The summed E-state index contributed by atoms with van der Waals surface area (Å²) in [5, 5.41) is 0. The number of piperazine rings is 1. The van der Waals surface area contributed by atoms with Crippen molar-refractivity contribution < 1.29 is 4.79 Å². The van der Waals surface area contributed by atoms with Gasteiger partial charge >= 0.3 is 0 Å². The molecular formula is C31H35N3O. The van der Waals surface area contributed by atoms with Gasteiger partial charge in [0.15, 0.2) is 5.78 Å². The van der Waals surface area contributed by atoms with Crippen molar-refractivity contribution in [3.8, 4) is 0 Å². The molecule has 0 unspecified atom stereocenters. The lowest BCUT2D eigenvalue weighted by Gasteiger charge is -2.39. The first-order chi connectivity index (χ1) is 16.9. The van der Waals surface area contributed by atoms with Crippen LogP contribution in [0.25, 0.3) is 0 Å². The third kappa shape index (κ3) is 4.69. The highest BCUT2D eigenvalue weighted by Crippen LogP contribution is 2.46. The minimum atomic E-state index is -0.168. The Morgan fingerprint density at radius 3 is 1.94 bits per heavy atom. The van der Waals surface area contributed by atoms with Gasteiger partial charge in [-0.05, 0) is 22.8 Å². The van der Waals surface area contributed by atoms with Crippen molar-refractivity contribution in [2.75, 3.05) is 44.7 Å². The third-order valence-corrected chi connectivity index (χ3v) is 7.62. The predicted molar refractivity (Wildman–Crippen MR) is 144 cm³/mol. The zero-order valence-corrected chi connectivity index (χ0v) is 21.0. The molecular weight excluding hydrogens is 430 g/mol. The van der Waals surface area contributed by atoms with Gasteiger partial charge < -0.3 is 4.90 Å². The van der Waals surface area contributed by atoms with Gasteiger partial charge in [-0.2, -0.15) is 0 Å². The highest BCUT2D eigenvalue weighted by Gasteiger charge is 2.38. The summed E-state index contributed by atoms with van der Waals surface area (Å²) in [6, 6.07) is 30.2. The van der Waals surface area contributed by atoms with Gasteiger partial charge in [0.1, 0.15) is 0 Å². The van der Waals surface area contributed by atoms with Gasteiger partial charge in [-0.1, -0.05) is 92.7 Å². The molecule has 180 valence electrons. The third-order valence-electron chi connectivity index (χ3n) is 7.62. The second-order valence-electron chi connectivity index (χ2n) is 10.2. The van der Waals surface area contributed by atoms with Crippen molar-refractivity contribution in [2.24, 2.45) is 0 Å². The second-order valence-corrected chi connectivity index (χ2v) is 10.2. The van der Waals surface area contributed by atoms with Crippen LogP contribution < -0.4 is 4.90 Å². The molecule has 0 saturated carbocycles. The van der Waals surface area contributed by atoms with Crippen LogP contribution in [0.3, 0.4) is 0 Å². The van der Waals surface area contributed by atoms with E-state index in [0.717, 1.165) is 31.9 Å². The van der Waals surface area contributed by atoms with Crippen LogP contribution in [0.15, 0.2) is 96.7 Å². The quantitative estimate of drug-likeness (QED) is 0.463. The first kappa shape index (κ1) is 23.5. The van der Waals surface area contributed by atoms with E-state index < -0.39 is 0 Å². The van der Waals surface area contributed by atoms with E-state index in [4.69, 9.17) is 0 Å². The molecule has 1 saturated heterocycles. The summed E-state index contributed by atoms with van der Waals surface area (Å²) in [6.07, 6.45) is 1.88. The lowest BCUT2D eigenvalue weighted by Crippen LogP contribution is -2.49. The number of benzene rings is 3. The number of para-hydroxylation sites is 1. The smallest absolute Gasteiger partial charge is 0.171 e. The summed E-state index contributed by atoms with van der Waals surface area (Å²) in [5.41, 5.74) is 6.02. The molecule has 0 bridgehead atoms. The van der Waals surface area contributed by atoms with Crippen molar-refractivity contribution >= 4 is 11.5 Å². The first-order valence-electron chi connectivity index (χ1n) is 12.6. The summed E-state index contributed by atoms with van der Waals surface area (Å²) in [5.74, 6) is 0.184. The van der Waals surface area contributed by atoms with Crippen molar-refractivity contribution in [1.82, 2.24) is 9.80 Å². The summed E-state index contributed by atoms with van der Waals surface area (Å²) in [7, 11) is 2.07. The molecule has 0 N–H and O–H groups in total. The molecule has 0 atom stereocenters. The van der Waals surface area contributed by atoms with Crippen molar-refractivity contribution in [3.05, 3.63) is 113 Å². The van der Waals surface area contributed by atoms with Crippen LogP contribution in [0.2, 0.25) is 0 Å². The molecule has 1 fully saturated rings. The zero-order chi connectivity index (χ0) is 24.4. The van der Waals surface area contributed by atoms with E-state index in [1.807, 2.05) is 6.08 Å². The standard InChI is InChI=1S/C31H35N3O/c1-31(2)27-16-10-11-17-28(27)32(3)29(31)22-26(35)23-33-18-20-34(21-19-33)30(24-12-6-4-7-13-24)25-14-8-5-9-15-25/h4-17,22,30H,18-21,23H2,1-3H3. The number of hydrogen-bond acceptors (Lipinski definition) is 4. The number of nitrogens with zero attached hydrogens (tertiary/aromatic N) is 3. The van der Waals surface area contributed by atoms with Gasteiger partial charge in [-0.15, -0.1) is 0 Å². The fraction of sp³-hybridized carbons (Fsp3) is 0.323. The molecule has 0 aromatic heterocycles. The molecule has 2 aliphatic rings. The molecule has 4 heteroatoms. The van der Waals surface area contributed by atoms with Crippen LogP contribution in [-0.4, -0.2) is 55.4 Å². The minimum Gasteiger partial charge on any atom is -0.347 e. The van der Waals surface area contributed by atoms with E-state index in [1.54, 1.807) is 0 Å². The van der Waals surface area contributed by atoms with E-state index >= 15 is 0 Å². The van der Waals surface area contributed by atoms with Gasteiger partial charge in [0.05, 0.1) is 12.6 Å². The molecule has 0 aliphatic carbocycles. The average Bonchev–Trinajstić information content (AvgIpc) is 3.07. The number of hydrogen-bond donors (Lipinski definition) is 0. The monoisotopic (exact) mass is 465 g/mol. The highest BCUT2D eigenvalue weighted by molar-refractivity contribution is 5.94. The van der Waals surface area contributed by atoms with Crippen LogP contribution in [0.5, 0.6) is 0 Å². The van der Waals surface area contributed by atoms with Crippen LogP contribution in [0.4, 0.5) is 5.69 Å². The van der Waals surface area contributed by atoms with Gasteiger partial charge in [0.25, 0.3) is 0 Å². The van der Waals surface area contributed by atoms with Gasteiger partial charge in [0.2, 0.25) is 0 Å². The van der Waals surface area contributed by atoms with Crippen molar-refractivity contribution in [3.63, 3.8) is 0 Å². The summed E-state index contributed by atoms with van der Waals surface area (Å²) < 4.78 is 0. The lowest BCUT2D eigenvalue weighted by atomic mass is 9.83. The van der Waals surface area contributed by atoms with Crippen molar-refractivity contribution in [2.45, 2.75) is 25.3 Å². The minimum absolute atomic E-state index is 0.168. The van der Waals surface area contributed by atoms with E-state index in [9.17, 15) is 4.79 Å². The maximum absolute atomic E-state index is 13.2. The van der Waals surface area contributed by atoms with Crippen molar-refractivity contribution in [1.29, 1.82) is 0 Å². The molecule has 0 amide bonds. The Morgan fingerprint density at radius 1 is 0.829 bits per heavy atom. The lowest BCUT2D eigenvalue weighted by molar-refractivity contribution is -0.116. The number of rotatable bonds is 6. The molecule has 3 aromatic carbocycles. The largest absolute Gasteiger partial charge is 0.347 e. The number of allylic oxidation sites excluding steroid dienone is 1. The van der Waals surface area contributed by atoms with Gasteiger partial charge in [-0.3, -0.25) is 14.6 Å². The maximum Gasteiger partial charge on any atom is 0.171 e. The van der Waals surface area contributed by atoms with Crippen LogP contribution in [0, 0.1) is 0 Å². The molecule has 2 heterocycles. The normalized spacial score (nSPS) is 19.3. The SMILES string of the molecule is CN1C(=CC(=O)CN2CCN(C(c3ccccc3)c3ccccc3)CC2)C(C)(C)c2ccccc21. The van der Waals surface area contributed by atoms with Crippen LogP contribution in [0.1, 0.15) is 36.6 Å². The number of carbonyl (C=O) groups excluding carboxylic acids is 1. The molecule has 35 heavy (non-hydrogen) atoms. The Labute approximate surface area is 209 Å². The Morgan fingerprint density at radius 2 is 1.37 bits per heavy atom. The second kappa shape index (κ2) is 9.80. The fourth-order valence-electron chi connectivity index (χ4n) is 5.74. The molecule has 4 nitrogen and oxygen atoms in total. The predicted octanol–water partition coefficient (Wildman–Crippen LogP) is 5.27. The Hall–Kier alpha value is -3.21. The number of carbonyl (C=O) groups is 1. The average molecular weight is 466 g/mol. The molecule has 3 aromatic rings. The highest BCUT2D eigenvalue weighted by atomic mass is 16.1. The Bertz CT molecular complexity index is 1150. The van der Waals surface area contributed by atoms with E-state index in [1.165, 1.54) is 22.4 Å². The van der Waals surface area contributed by atoms with E-state index in [0.29, 0.717) is 6.54 Å². The molecule has 0 spiro atoms. The number of ketones is 1. The van der Waals surface area contributed by atoms with Gasteiger partial charge in [-0.25, -0.2) is 0 Å². The molecule has 2 aliphatic heterocycles. The topological polar surface area (TPSA) is 26.8 Å². The van der Waals surface area contributed by atoms with Crippen LogP contribution in [-0.2, 0) is 10.2 Å². The zero-order valence-electron chi connectivity index (χ0n) is 21.0. The van der Waals surface area contributed by atoms with E-state index in [2.05, 4.69) is 121 Å². The molecule has 0 radical (unpaired) electrons. The first-order valence-corrected chi connectivity index (χ1v) is 12.6. The van der Waals surface area contributed by atoms with Crippen LogP contribution >= 0.6 is 0 Å². The summed E-state index contributed by atoms with van der Waals surface area (Å²) in [6.45, 7) is 8.55. The summed E-state index contributed by atoms with van der Waals surface area (Å²) >= 11 is 0. The fourth-order valence-corrected chi connectivity index (χ4v) is 5.74. The molecule has 5 rings (SSSR count). The Balaban J connectivity index is 1.26. The van der Waals surface area contributed by atoms with Gasteiger partial charge in [0, 0.05) is 56.1 Å². The summed E-state index contributed by atoms with van der Waals surface area (Å²) in [4.78, 5) is 20.2. The Kier molecular flexibility index (Phi) is 6.59. The maximum atomic E-state index is 13.2. The number of likely N-dealkylation sites (N-methyl/N-ethyl adjacent to an activating group) is 1. The van der Waals surface area contributed by atoms with E-state index in [-0.39, 0.29) is 17.2 Å². The number of anilines is 1.